The minimum atomic E-state index is -2.32. The Morgan fingerprint density at radius 3 is 0.930 bits per heavy atom. The van der Waals surface area contributed by atoms with E-state index >= 15 is 0 Å². The minimum absolute atomic E-state index is 0.244. The molecular formula is C34H57Cl2MnN6. The van der Waals surface area contributed by atoms with Crippen LogP contribution in [0, 0.1) is 0 Å². The molecule has 0 bridgehead atoms. The van der Waals surface area contributed by atoms with Gasteiger partial charge in [0.2, 0.25) is 0 Å². The SMILES string of the molecule is CCC(C)c1cc(C(C)CC)n([C](n2nc(C(C)CC)cc2C(C)CC)(n2nc(C(C)CC)cc2C(C)CC)[Mn]([Cl])[Cl])n1. The van der Waals surface area contributed by atoms with Crippen molar-refractivity contribution >= 4 is 20.2 Å². The van der Waals surface area contributed by atoms with Crippen molar-refractivity contribution in [2.24, 2.45) is 0 Å². The van der Waals surface area contributed by atoms with Gasteiger partial charge in [0.25, 0.3) is 0 Å². The van der Waals surface area contributed by atoms with Crippen molar-refractivity contribution in [2.75, 3.05) is 0 Å². The van der Waals surface area contributed by atoms with Crippen LogP contribution in [-0.4, -0.2) is 29.3 Å². The van der Waals surface area contributed by atoms with Crippen molar-refractivity contribution in [1.82, 2.24) is 29.3 Å². The Hall–Kier alpha value is -1.27. The van der Waals surface area contributed by atoms with Gasteiger partial charge in [0.05, 0.1) is 0 Å². The summed E-state index contributed by atoms with van der Waals surface area (Å²) >= 11 is -2.32. The normalized spacial score (nSPS) is 18.1. The molecule has 3 aromatic rings. The van der Waals surface area contributed by atoms with Crippen LogP contribution in [0.15, 0.2) is 18.2 Å². The number of halogens is 2. The van der Waals surface area contributed by atoms with Gasteiger partial charge in [-0.05, 0) is 0 Å². The molecule has 0 spiro atoms. The molecule has 0 aromatic carbocycles. The van der Waals surface area contributed by atoms with Gasteiger partial charge in [0, 0.05) is 0 Å². The van der Waals surface area contributed by atoms with E-state index in [-0.39, 0.29) is 17.8 Å². The Labute approximate surface area is 274 Å². The molecule has 6 unspecified atom stereocenters. The van der Waals surface area contributed by atoms with Gasteiger partial charge in [0.1, 0.15) is 0 Å². The van der Waals surface area contributed by atoms with Gasteiger partial charge in [-0.1, -0.05) is 0 Å². The van der Waals surface area contributed by atoms with Gasteiger partial charge < -0.3 is 0 Å². The summed E-state index contributed by atoms with van der Waals surface area (Å²) in [6.45, 7) is 27.0. The van der Waals surface area contributed by atoms with Crippen LogP contribution in [0.3, 0.4) is 0 Å². The third kappa shape index (κ3) is 6.81. The van der Waals surface area contributed by atoms with Gasteiger partial charge >= 0.3 is 276 Å². The van der Waals surface area contributed by atoms with Gasteiger partial charge in [0.15, 0.2) is 0 Å². The second-order valence-corrected chi connectivity index (χ2v) is 17.2. The predicted octanol–water partition coefficient (Wildman–Crippen LogP) is 10.9. The molecule has 3 aromatic heterocycles. The van der Waals surface area contributed by atoms with E-state index in [1.807, 2.05) is 0 Å². The number of nitrogens with zero attached hydrogens (tertiary/aromatic N) is 6. The van der Waals surface area contributed by atoms with Crippen molar-refractivity contribution < 1.29 is 12.1 Å². The number of hydrogen-bond acceptors (Lipinski definition) is 3. The van der Waals surface area contributed by atoms with Crippen LogP contribution in [-0.2, 0) is 16.8 Å². The summed E-state index contributed by atoms with van der Waals surface area (Å²) in [5.41, 5.74) is 6.60. The van der Waals surface area contributed by atoms with Gasteiger partial charge in [-0.25, -0.2) is 0 Å². The Morgan fingerprint density at radius 1 is 0.512 bits per heavy atom. The first-order chi connectivity index (χ1) is 20.4. The zero-order valence-corrected chi connectivity index (χ0v) is 31.4. The summed E-state index contributed by atoms with van der Waals surface area (Å²) in [5, 5.41) is 16.3. The molecule has 0 radical (unpaired) electrons. The van der Waals surface area contributed by atoms with E-state index in [9.17, 15) is 0 Å². The van der Waals surface area contributed by atoms with E-state index in [0.29, 0.717) is 17.8 Å². The third-order valence-corrected chi connectivity index (χ3v) is 12.9. The van der Waals surface area contributed by atoms with Crippen molar-refractivity contribution in [1.29, 1.82) is 0 Å². The Bertz CT molecular complexity index is 1160. The maximum absolute atomic E-state index is 7.52. The van der Waals surface area contributed by atoms with Crippen molar-refractivity contribution in [3.63, 3.8) is 0 Å². The molecule has 0 saturated carbocycles. The zero-order chi connectivity index (χ0) is 32.2. The van der Waals surface area contributed by atoms with E-state index in [4.69, 9.17) is 35.5 Å². The molecule has 0 fully saturated rings. The maximum atomic E-state index is 7.52. The zero-order valence-electron chi connectivity index (χ0n) is 28.8. The molecule has 244 valence electrons. The molecule has 0 amide bonds. The fourth-order valence-corrected chi connectivity index (χ4v) is 8.11. The van der Waals surface area contributed by atoms with E-state index in [1.54, 1.807) is 0 Å². The molecule has 0 aliphatic heterocycles. The van der Waals surface area contributed by atoms with E-state index < -0.39 is 16.8 Å². The standard InChI is InChI=1S/C34H57N6.2ClH.Mn/c1-13-22(7)28-19-31(25(10)16-4)38(35-28)34(39-32(26(11)17-5)20-29(36-39)23(8)14-2)40-33(27(12)18-6)21-30(37-40)24(9)15-3;;;/h19-27H,13-18H2,1-12H3;2*1H;/q;;;+2/p-2. The quantitative estimate of drug-likeness (QED) is 0.142. The van der Waals surface area contributed by atoms with E-state index in [0.717, 1.165) is 72.7 Å². The first-order valence-electron chi connectivity index (χ1n) is 16.7. The van der Waals surface area contributed by atoms with Crippen LogP contribution in [0.4, 0.5) is 0 Å². The molecule has 6 atom stereocenters. The average Bonchev–Trinajstić information content (AvgIpc) is 3.77. The number of hydrogen-bond donors (Lipinski definition) is 0. The summed E-state index contributed by atoms with van der Waals surface area (Å²) in [6.07, 6.45) is 5.91. The van der Waals surface area contributed by atoms with Crippen molar-refractivity contribution in [2.45, 2.75) is 162 Å². The van der Waals surface area contributed by atoms with Gasteiger partial charge in [-0.15, -0.1) is 0 Å². The second kappa shape index (κ2) is 15.3. The fraction of sp³-hybridized carbons (Fsp3) is 0.735. The first-order valence-corrected chi connectivity index (χ1v) is 20.5. The molecule has 43 heavy (non-hydrogen) atoms. The fourth-order valence-electron chi connectivity index (χ4n) is 5.41. The van der Waals surface area contributed by atoms with Gasteiger partial charge in [-0.3, -0.25) is 0 Å². The van der Waals surface area contributed by atoms with Crippen LogP contribution in [0.1, 0.15) is 191 Å². The van der Waals surface area contributed by atoms with Crippen molar-refractivity contribution in [3.8, 4) is 0 Å². The predicted molar refractivity (Wildman–Crippen MR) is 179 cm³/mol. The number of rotatable bonds is 16. The third-order valence-electron chi connectivity index (χ3n) is 9.97. The summed E-state index contributed by atoms with van der Waals surface area (Å²) in [5.74, 6) is 1.63. The molecule has 6 nitrogen and oxygen atoms in total. The van der Waals surface area contributed by atoms with E-state index in [1.165, 1.54) is 0 Å². The molecular weight excluding hydrogens is 618 g/mol. The molecule has 0 aliphatic carbocycles. The summed E-state index contributed by atoms with van der Waals surface area (Å²) in [7, 11) is 15.0. The summed E-state index contributed by atoms with van der Waals surface area (Å²) in [6, 6.07) is 6.88. The molecule has 3 rings (SSSR count). The van der Waals surface area contributed by atoms with Crippen LogP contribution in [0.2, 0.25) is 0 Å². The van der Waals surface area contributed by atoms with Crippen LogP contribution in [0.5, 0.6) is 0 Å². The van der Waals surface area contributed by atoms with Gasteiger partial charge in [-0.2, -0.15) is 0 Å². The van der Waals surface area contributed by atoms with Crippen molar-refractivity contribution in [3.05, 3.63) is 52.4 Å². The number of aromatic nitrogens is 6. The second-order valence-electron chi connectivity index (χ2n) is 12.8. The van der Waals surface area contributed by atoms with Crippen LogP contribution in [0.25, 0.3) is 0 Å². The van der Waals surface area contributed by atoms with Crippen LogP contribution < -0.4 is 0 Å². The topological polar surface area (TPSA) is 53.5 Å². The molecule has 0 aliphatic rings. The summed E-state index contributed by atoms with van der Waals surface area (Å²) in [4.78, 5) is 0. The molecule has 3 heterocycles. The van der Waals surface area contributed by atoms with E-state index in [2.05, 4.69) is 115 Å². The van der Waals surface area contributed by atoms with Crippen LogP contribution >= 0.6 is 20.2 Å². The molecule has 9 heteroatoms. The average molecular weight is 676 g/mol. The first kappa shape index (κ1) is 36.2. The Morgan fingerprint density at radius 2 is 0.744 bits per heavy atom. The Balaban J connectivity index is 2.67. The Kier molecular flexibility index (Phi) is 12.9. The molecule has 0 saturated heterocycles. The molecule has 0 N–H and O–H groups in total. The summed E-state index contributed by atoms with van der Waals surface area (Å²) < 4.78 is 5.35. The monoisotopic (exact) mass is 674 g/mol.